The van der Waals surface area contributed by atoms with Gasteiger partial charge in [0.1, 0.15) is 4.47 Å². The second-order valence-corrected chi connectivity index (χ2v) is 5.71. The third-order valence-electron chi connectivity index (χ3n) is 3.40. The molecule has 1 fully saturated rings. The van der Waals surface area contributed by atoms with Crippen LogP contribution in [0.4, 0.5) is 5.69 Å². The molecule has 1 saturated heterocycles. The largest absolute Gasteiger partial charge is 0.382 e. The highest BCUT2D eigenvalue weighted by molar-refractivity contribution is 9.10. The van der Waals surface area contributed by atoms with E-state index < -0.39 is 0 Å². The fourth-order valence-electron chi connectivity index (χ4n) is 2.27. The highest BCUT2D eigenvalue weighted by Crippen LogP contribution is 2.16. The van der Waals surface area contributed by atoms with E-state index in [2.05, 4.69) is 32.9 Å². The van der Waals surface area contributed by atoms with Crippen LogP contribution in [0.5, 0.6) is 0 Å². The van der Waals surface area contributed by atoms with E-state index in [1.807, 2.05) is 4.90 Å². The molecule has 0 unspecified atom stereocenters. The Morgan fingerprint density at radius 3 is 2.86 bits per heavy atom. The van der Waals surface area contributed by atoms with E-state index in [0.717, 1.165) is 25.9 Å². The average Bonchev–Trinajstić information content (AvgIpc) is 3.00. The lowest BCUT2D eigenvalue weighted by atomic mass is 10.3. The van der Waals surface area contributed by atoms with E-state index in [-0.39, 0.29) is 11.5 Å². The van der Waals surface area contributed by atoms with Gasteiger partial charge in [0, 0.05) is 26.1 Å². The van der Waals surface area contributed by atoms with Crippen LogP contribution in [0.25, 0.3) is 0 Å². The van der Waals surface area contributed by atoms with Gasteiger partial charge in [0.2, 0.25) is 5.91 Å². The predicted molar refractivity (Wildman–Crippen MR) is 85.3 cm³/mol. The molecule has 1 aromatic rings. The maximum absolute atomic E-state index is 12.0. The van der Waals surface area contributed by atoms with Crippen molar-refractivity contribution in [1.82, 2.24) is 14.7 Å². The number of anilines is 1. The van der Waals surface area contributed by atoms with Gasteiger partial charge in [0.05, 0.1) is 18.4 Å². The van der Waals surface area contributed by atoms with Gasteiger partial charge < -0.3 is 10.2 Å². The van der Waals surface area contributed by atoms with Gasteiger partial charge in [-0.25, -0.2) is 4.68 Å². The number of nitrogens with one attached hydrogen (secondary N) is 1. The third-order valence-corrected chi connectivity index (χ3v) is 4.17. The number of hydrogen-bond donors (Lipinski definition) is 1. The van der Waals surface area contributed by atoms with Crippen molar-refractivity contribution in [1.29, 1.82) is 0 Å². The predicted octanol–water partition coefficient (Wildman–Crippen LogP) is 1.62. The number of aromatic nitrogens is 2. The van der Waals surface area contributed by atoms with E-state index in [1.165, 1.54) is 4.68 Å². The first-order chi connectivity index (χ1) is 10.1. The van der Waals surface area contributed by atoms with Crippen molar-refractivity contribution >= 4 is 27.5 Å². The van der Waals surface area contributed by atoms with Gasteiger partial charge in [-0.3, -0.25) is 9.59 Å². The highest BCUT2D eigenvalue weighted by atomic mass is 79.9. The Morgan fingerprint density at radius 2 is 2.19 bits per heavy atom. The molecule has 2 heterocycles. The van der Waals surface area contributed by atoms with Crippen molar-refractivity contribution in [3.63, 3.8) is 0 Å². The number of halogens is 1. The first kappa shape index (κ1) is 15.8. The zero-order chi connectivity index (χ0) is 15.2. The molecule has 0 aliphatic carbocycles. The van der Waals surface area contributed by atoms with Crippen molar-refractivity contribution in [2.75, 3.05) is 25.0 Å². The van der Waals surface area contributed by atoms with Crippen molar-refractivity contribution in [2.45, 2.75) is 25.8 Å². The fourth-order valence-corrected chi connectivity index (χ4v) is 2.72. The smallest absolute Gasteiger partial charge is 0.283 e. The molecule has 0 aromatic carbocycles. The van der Waals surface area contributed by atoms with Gasteiger partial charge >= 0.3 is 0 Å². The van der Waals surface area contributed by atoms with Crippen molar-refractivity contribution in [3.8, 4) is 0 Å². The number of nitrogens with zero attached hydrogens (tertiary/aromatic N) is 3. The Balaban J connectivity index is 1.91. The van der Waals surface area contributed by atoms with Crippen LogP contribution in [0.3, 0.4) is 0 Å². The van der Waals surface area contributed by atoms with Crippen LogP contribution in [-0.4, -0.2) is 40.2 Å². The van der Waals surface area contributed by atoms with E-state index in [1.54, 1.807) is 12.3 Å². The molecule has 0 radical (unpaired) electrons. The maximum Gasteiger partial charge on any atom is 0.283 e. The molecule has 114 valence electrons. The number of amides is 1. The van der Waals surface area contributed by atoms with E-state index in [0.29, 0.717) is 29.7 Å². The molecule has 0 bridgehead atoms. The Bertz CT molecular complexity index is 579. The molecule has 6 nitrogen and oxygen atoms in total. The van der Waals surface area contributed by atoms with Crippen molar-refractivity contribution in [3.05, 3.63) is 33.7 Å². The first-order valence-corrected chi connectivity index (χ1v) is 7.81. The normalized spacial score (nSPS) is 14.2. The zero-order valence-corrected chi connectivity index (χ0v) is 13.4. The molecule has 1 aromatic heterocycles. The Kier molecular flexibility index (Phi) is 5.55. The summed E-state index contributed by atoms with van der Waals surface area (Å²) in [6.07, 6.45) is 5.80. The number of carbonyl (C=O) groups excluding carboxylic acids is 1. The second-order valence-electron chi connectivity index (χ2n) is 4.91. The second kappa shape index (κ2) is 7.40. The Labute approximate surface area is 132 Å². The first-order valence-electron chi connectivity index (χ1n) is 7.01. The summed E-state index contributed by atoms with van der Waals surface area (Å²) in [6.45, 7) is 6.16. The van der Waals surface area contributed by atoms with Crippen LogP contribution < -0.4 is 10.9 Å². The van der Waals surface area contributed by atoms with Crippen molar-refractivity contribution in [2.24, 2.45) is 0 Å². The molecule has 2 rings (SSSR count). The molecule has 1 N–H and O–H groups in total. The van der Waals surface area contributed by atoms with Gasteiger partial charge in [0.15, 0.2) is 0 Å². The van der Waals surface area contributed by atoms with Crippen LogP contribution in [0.1, 0.15) is 19.3 Å². The number of hydrogen-bond acceptors (Lipinski definition) is 4. The van der Waals surface area contributed by atoms with Gasteiger partial charge in [-0.05, 0) is 28.8 Å². The third kappa shape index (κ3) is 3.93. The summed E-state index contributed by atoms with van der Waals surface area (Å²) in [5.74, 6) is 0.157. The Morgan fingerprint density at radius 1 is 1.48 bits per heavy atom. The van der Waals surface area contributed by atoms with Crippen LogP contribution in [-0.2, 0) is 11.3 Å². The summed E-state index contributed by atoms with van der Waals surface area (Å²) in [4.78, 5) is 25.8. The summed E-state index contributed by atoms with van der Waals surface area (Å²) in [5, 5.41) is 7.13. The number of rotatable bonds is 6. The van der Waals surface area contributed by atoms with Gasteiger partial charge in [-0.2, -0.15) is 5.10 Å². The summed E-state index contributed by atoms with van der Waals surface area (Å²) >= 11 is 3.27. The zero-order valence-electron chi connectivity index (χ0n) is 11.8. The van der Waals surface area contributed by atoms with Crippen LogP contribution >= 0.6 is 15.9 Å². The van der Waals surface area contributed by atoms with E-state index in [9.17, 15) is 9.59 Å². The molecule has 0 spiro atoms. The summed E-state index contributed by atoms with van der Waals surface area (Å²) in [5.41, 5.74) is 0.389. The summed E-state index contributed by atoms with van der Waals surface area (Å²) in [6, 6.07) is 0. The summed E-state index contributed by atoms with van der Waals surface area (Å²) < 4.78 is 1.74. The lowest BCUT2D eigenvalue weighted by Crippen LogP contribution is -2.29. The minimum absolute atomic E-state index is 0.157. The fraction of sp³-hybridized carbons (Fsp3) is 0.500. The lowest BCUT2D eigenvalue weighted by molar-refractivity contribution is -0.129. The van der Waals surface area contributed by atoms with Crippen molar-refractivity contribution < 1.29 is 4.79 Å². The molecule has 7 heteroatoms. The van der Waals surface area contributed by atoms with E-state index in [4.69, 9.17) is 0 Å². The monoisotopic (exact) mass is 354 g/mol. The van der Waals surface area contributed by atoms with Crippen LogP contribution in [0, 0.1) is 0 Å². The lowest BCUT2D eigenvalue weighted by Gasteiger charge is -2.15. The minimum Gasteiger partial charge on any atom is -0.382 e. The molecule has 0 saturated carbocycles. The number of likely N-dealkylation sites (tertiary alicyclic amines) is 1. The molecular weight excluding hydrogens is 336 g/mol. The molecule has 1 amide bonds. The number of allylic oxidation sites excluding steroid dienone is 1. The summed E-state index contributed by atoms with van der Waals surface area (Å²) in [7, 11) is 0. The molecule has 1 aliphatic rings. The topological polar surface area (TPSA) is 67.2 Å². The quantitative estimate of drug-likeness (QED) is 0.788. The highest BCUT2D eigenvalue weighted by Gasteiger charge is 2.17. The molecular formula is C14H19BrN4O2. The molecule has 1 aliphatic heterocycles. The maximum atomic E-state index is 12.0. The van der Waals surface area contributed by atoms with Crippen LogP contribution in [0.15, 0.2) is 28.1 Å². The van der Waals surface area contributed by atoms with Gasteiger partial charge in [-0.15, -0.1) is 6.58 Å². The number of carbonyl (C=O) groups is 1. The SMILES string of the molecule is C=CCn1ncc(NCCC(=O)N2CCCC2)c(Br)c1=O. The Hall–Kier alpha value is -1.63. The van der Waals surface area contributed by atoms with Crippen LogP contribution in [0.2, 0.25) is 0 Å². The minimum atomic E-state index is -0.217. The van der Waals surface area contributed by atoms with E-state index >= 15 is 0 Å². The van der Waals surface area contributed by atoms with Gasteiger partial charge in [0.25, 0.3) is 5.56 Å². The molecule has 0 atom stereocenters. The standard InChI is InChI=1S/C14H19BrN4O2/c1-2-7-19-14(21)13(15)11(10-17-19)16-6-5-12(20)18-8-3-4-9-18/h2,10,16H,1,3-9H2. The average molecular weight is 355 g/mol. The van der Waals surface area contributed by atoms with Gasteiger partial charge in [-0.1, -0.05) is 6.08 Å². The molecule has 21 heavy (non-hydrogen) atoms.